The molecule has 122 valence electrons. The highest BCUT2D eigenvalue weighted by atomic mass is 16.5. The molecule has 1 aromatic rings. The lowest BCUT2D eigenvalue weighted by Gasteiger charge is -2.34. The van der Waals surface area contributed by atoms with Crippen molar-refractivity contribution >= 4 is 6.09 Å². The Kier molecular flexibility index (Phi) is 5.80. The number of aliphatic hydroxyl groups is 1. The number of unbranched alkanes of at least 4 members (excludes halogenated alkanes) is 1. The second-order valence-corrected chi connectivity index (χ2v) is 5.95. The molecule has 0 aliphatic carbocycles. The molecule has 1 aliphatic heterocycles. The first kappa shape index (κ1) is 16.8. The first-order chi connectivity index (χ1) is 10.6. The average molecular weight is 307 g/mol. The van der Waals surface area contributed by atoms with Gasteiger partial charge in [-0.15, -0.1) is 0 Å². The average Bonchev–Trinajstić information content (AvgIpc) is 3.03. The summed E-state index contributed by atoms with van der Waals surface area (Å²) < 4.78 is 5.07. The van der Waals surface area contributed by atoms with Crippen LogP contribution < -0.4 is 0 Å². The molecule has 1 amide bonds. The highest BCUT2D eigenvalue weighted by molar-refractivity contribution is 5.65. The third kappa shape index (κ3) is 3.78. The van der Waals surface area contributed by atoms with Crippen LogP contribution in [0.4, 0.5) is 4.79 Å². The number of rotatable bonds is 7. The zero-order valence-electron chi connectivity index (χ0n) is 13.1. The van der Waals surface area contributed by atoms with Gasteiger partial charge in [-0.05, 0) is 31.2 Å². The highest BCUT2D eigenvalue weighted by Gasteiger charge is 2.42. The summed E-state index contributed by atoms with van der Waals surface area (Å²) in [6.45, 7) is 1.56. The van der Waals surface area contributed by atoms with Crippen LogP contribution in [0.2, 0.25) is 0 Å². The van der Waals surface area contributed by atoms with E-state index in [-0.39, 0.29) is 5.92 Å². The number of nitrogens with zero attached hydrogens (tertiary/aromatic N) is 1. The maximum absolute atomic E-state index is 11.3. The van der Waals surface area contributed by atoms with Crippen LogP contribution in [0.1, 0.15) is 31.2 Å². The van der Waals surface area contributed by atoms with Crippen LogP contribution in [0, 0.1) is 5.92 Å². The predicted octanol–water partition coefficient (Wildman–Crippen LogP) is 2.69. The first-order valence-electron chi connectivity index (χ1n) is 7.82. The Morgan fingerprint density at radius 2 is 2.09 bits per heavy atom. The van der Waals surface area contributed by atoms with Crippen molar-refractivity contribution < 1.29 is 19.7 Å². The van der Waals surface area contributed by atoms with Crippen molar-refractivity contribution in [3.8, 4) is 0 Å². The van der Waals surface area contributed by atoms with Crippen LogP contribution in [0.25, 0.3) is 0 Å². The van der Waals surface area contributed by atoms with E-state index in [0.29, 0.717) is 32.5 Å². The molecule has 0 saturated carbocycles. The molecule has 1 fully saturated rings. The van der Waals surface area contributed by atoms with E-state index < -0.39 is 11.7 Å². The summed E-state index contributed by atoms with van der Waals surface area (Å²) in [4.78, 5) is 12.5. The monoisotopic (exact) mass is 307 g/mol. The Morgan fingerprint density at radius 1 is 1.36 bits per heavy atom. The normalized spacial score (nSPS) is 20.8. The maximum atomic E-state index is 11.3. The minimum Gasteiger partial charge on any atom is -0.465 e. The third-order valence-corrected chi connectivity index (χ3v) is 4.56. The molecule has 0 spiro atoms. The molecule has 1 heterocycles. The van der Waals surface area contributed by atoms with Gasteiger partial charge in [-0.2, -0.15) is 0 Å². The SMILES string of the molecule is COCCCCC(O)(c1ccccc1)C1CCN(C(=O)O)C1. The summed E-state index contributed by atoms with van der Waals surface area (Å²) in [5.74, 6) is -0.0615. The molecule has 5 nitrogen and oxygen atoms in total. The van der Waals surface area contributed by atoms with Crippen LogP contribution in [-0.2, 0) is 10.3 Å². The molecular weight excluding hydrogens is 282 g/mol. The smallest absolute Gasteiger partial charge is 0.407 e. The van der Waals surface area contributed by atoms with E-state index in [9.17, 15) is 9.90 Å². The fraction of sp³-hybridized carbons (Fsp3) is 0.588. The van der Waals surface area contributed by atoms with Crippen molar-refractivity contribution in [2.75, 3.05) is 26.8 Å². The van der Waals surface area contributed by atoms with E-state index in [1.54, 1.807) is 7.11 Å². The zero-order chi connectivity index (χ0) is 16.0. The maximum Gasteiger partial charge on any atom is 0.407 e. The molecule has 1 aromatic carbocycles. The van der Waals surface area contributed by atoms with E-state index in [1.165, 1.54) is 4.90 Å². The highest BCUT2D eigenvalue weighted by Crippen LogP contribution is 2.39. The van der Waals surface area contributed by atoms with Gasteiger partial charge in [0.15, 0.2) is 0 Å². The molecular formula is C17H25NO4. The Hall–Kier alpha value is -1.59. The fourth-order valence-corrected chi connectivity index (χ4v) is 3.28. The van der Waals surface area contributed by atoms with Gasteiger partial charge in [0.1, 0.15) is 0 Å². The van der Waals surface area contributed by atoms with Gasteiger partial charge >= 0.3 is 6.09 Å². The second-order valence-electron chi connectivity index (χ2n) is 5.95. The molecule has 0 bridgehead atoms. The summed E-state index contributed by atoms with van der Waals surface area (Å²) in [5.41, 5.74) is -0.0937. The van der Waals surface area contributed by atoms with Gasteiger partial charge in [0, 0.05) is 32.7 Å². The van der Waals surface area contributed by atoms with Crippen LogP contribution >= 0.6 is 0 Å². The van der Waals surface area contributed by atoms with Crippen molar-refractivity contribution in [3.63, 3.8) is 0 Å². The lowest BCUT2D eigenvalue weighted by atomic mass is 9.77. The predicted molar refractivity (Wildman–Crippen MR) is 83.8 cm³/mol. The Bertz CT molecular complexity index is 479. The molecule has 5 heteroatoms. The molecule has 2 unspecified atom stereocenters. The van der Waals surface area contributed by atoms with E-state index in [2.05, 4.69) is 0 Å². The van der Waals surface area contributed by atoms with Crippen LogP contribution in [-0.4, -0.2) is 48.0 Å². The number of hydrogen-bond donors (Lipinski definition) is 2. The van der Waals surface area contributed by atoms with Crippen molar-refractivity contribution in [1.82, 2.24) is 4.90 Å². The number of amides is 1. The number of ether oxygens (including phenoxy) is 1. The molecule has 0 aromatic heterocycles. The molecule has 22 heavy (non-hydrogen) atoms. The van der Waals surface area contributed by atoms with Crippen LogP contribution in [0.3, 0.4) is 0 Å². The number of carbonyl (C=O) groups is 1. The molecule has 2 atom stereocenters. The van der Waals surface area contributed by atoms with E-state index >= 15 is 0 Å². The summed E-state index contributed by atoms with van der Waals surface area (Å²) in [7, 11) is 1.67. The van der Waals surface area contributed by atoms with E-state index in [4.69, 9.17) is 9.84 Å². The van der Waals surface area contributed by atoms with Gasteiger partial charge in [-0.3, -0.25) is 0 Å². The largest absolute Gasteiger partial charge is 0.465 e. The van der Waals surface area contributed by atoms with Gasteiger partial charge in [0.25, 0.3) is 0 Å². The van der Waals surface area contributed by atoms with Gasteiger partial charge < -0.3 is 19.8 Å². The van der Waals surface area contributed by atoms with Gasteiger partial charge in [0.05, 0.1) is 5.60 Å². The van der Waals surface area contributed by atoms with Crippen LogP contribution in [0.15, 0.2) is 30.3 Å². The molecule has 2 N–H and O–H groups in total. The number of methoxy groups -OCH3 is 1. The van der Waals surface area contributed by atoms with Crippen molar-refractivity contribution in [2.45, 2.75) is 31.3 Å². The molecule has 1 saturated heterocycles. The van der Waals surface area contributed by atoms with Gasteiger partial charge in [-0.1, -0.05) is 30.3 Å². The van der Waals surface area contributed by atoms with Crippen molar-refractivity contribution in [1.29, 1.82) is 0 Å². The standard InChI is InChI=1S/C17H25NO4/c1-22-12-6-5-10-17(21,14-7-3-2-4-8-14)15-9-11-18(13-15)16(19)20/h2-4,7-8,15,21H,5-6,9-13H2,1H3,(H,19,20). The van der Waals surface area contributed by atoms with Gasteiger partial charge in [-0.25, -0.2) is 4.79 Å². The van der Waals surface area contributed by atoms with Crippen molar-refractivity contribution in [2.24, 2.45) is 5.92 Å². The van der Waals surface area contributed by atoms with Crippen LogP contribution in [0.5, 0.6) is 0 Å². The van der Waals surface area contributed by atoms with Crippen molar-refractivity contribution in [3.05, 3.63) is 35.9 Å². The molecule has 1 aliphatic rings. The quantitative estimate of drug-likeness (QED) is 0.760. The lowest BCUT2D eigenvalue weighted by Crippen LogP contribution is -2.38. The number of likely N-dealkylation sites (tertiary alicyclic amines) is 1. The Morgan fingerprint density at radius 3 is 2.68 bits per heavy atom. The number of benzene rings is 1. The van der Waals surface area contributed by atoms with Gasteiger partial charge in [0.2, 0.25) is 0 Å². The Balaban J connectivity index is 2.13. The molecule has 0 radical (unpaired) electrons. The summed E-state index contributed by atoms with van der Waals surface area (Å²) in [6.07, 6.45) is 2.15. The lowest BCUT2D eigenvalue weighted by molar-refractivity contribution is -0.0308. The second kappa shape index (κ2) is 7.61. The van der Waals surface area contributed by atoms with E-state index in [0.717, 1.165) is 18.4 Å². The minimum atomic E-state index is -0.973. The summed E-state index contributed by atoms with van der Waals surface area (Å²) >= 11 is 0. The minimum absolute atomic E-state index is 0.0615. The Labute approximate surface area is 131 Å². The fourth-order valence-electron chi connectivity index (χ4n) is 3.28. The molecule has 2 rings (SSSR count). The number of carboxylic acid groups (broad SMARTS) is 1. The van der Waals surface area contributed by atoms with E-state index in [1.807, 2.05) is 30.3 Å². The third-order valence-electron chi connectivity index (χ3n) is 4.56. The first-order valence-corrected chi connectivity index (χ1v) is 7.82. The zero-order valence-corrected chi connectivity index (χ0v) is 13.1. The number of hydrogen-bond acceptors (Lipinski definition) is 3. The topological polar surface area (TPSA) is 70.0 Å². The summed E-state index contributed by atoms with van der Waals surface area (Å²) in [5, 5.41) is 20.5. The summed E-state index contributed by atoms with van der Waals surface area (Å²) in [6, 6.07) is 9.62.